The normalized spacial score (nSPS) is 11.2. The molecular formula is C48H33NS. The van der Waals surface area contributed by atoms with Crippen LogP contribution >= 0.6 is 11.3 Å². The molecule has 0 saturated heterocycles. The van der Waals surface area contributed by atoms with Crippen molar-refractivity contribution in [2.24, 2.45) is 0 Å². The fraction of sp³-hybridized carbons (Fsp3) is 0. The van der Waals surface area contributed by atoms with E-state index in [0.29, 0.717) is 0 Å². The Kier molecular flexibility index (Phi) is 7.77. The lowest BCUT2D eigenvalue weighted by molar-refractivity contribution is 1.28. The predicted molar refractivity (Wildman–Crippen MR) is 216 cm³/mol. The average molecular weight is 656 g/mol. The van der Waals surface area contributed by atoms with E-state index < -0.39 is 0 Å². The summed E-state index contributed by atoms with van der Waals surface area (Å²) >= 11 is 1.86. The zero-order valence-corrected chi connectivity index (χ0v) is 28.2. The van der Waals surface area contributed by atoms with Gasteiger partial charge < -0.3 is 4.90 Å². The molecule has 0 aliphatic carbocycles. The van der Waals surface area contributed by atoms with Crippen LogP contribution in [0, 0.1) is 0 Å². The topological polar surface area (TPSA) is 3.24 Å². The molecule has 0 N–H and O–H groups in total. The number of thiophene rings is 1. The van der Waals surface area contributed by atoms with Crippen LogP contribution in [-0.4, -0.2) is 0 Å². The summed E-state index contributed by atoms with van der Waals surface area (Å²) in [5.74, 6) is 0. The molecule has 0 spiro atoms. The van der Waals surface area contributed by atoms with Gasteiger partial charge in [0, 0.05) is 37.2 Å². The molecule has 0 aliphatic rings. The Balaban J connectivity index is 1.06. The van der Waals surface area contributed by atoms with Crippen LogP contribution in [0.3, 0.4) is 0 Å². The lowest BCUT2D eigenvalue weighted by Gasteiger charge is -2.26. The van der Waals surface area contributed by atoms with Gasteiger partial charge in [-0.1, -0.05) is 146 Å². The molecule has 1 aromatic heterocycles. The maximum Gasteiger partial charge on any atom is 0.0462 e. The van der Waals surface area contributed by atoms with E-state index in [1.165, 1.54) is 64.7 Å². The number of rotatable bonds is 7. The molecule has 0 bridgehead atoms. The van der Waals surface area contributed by atoms with Crippen molar-refractivity contribution in [3.05, 3.63) is 200 Å². The van der Waals surface area contributed by atoms with E-state index in [4.69, 9.17) is 0 Å². The molecule has 1 heterocycles. The van der Waals surface area contributed by atoms with Crippen molar-refractivity contribution in [2.75, 3.05) is 4.90 Å². The van der Waals surface area contributed by atoms with Crippen LogP contribution in [-0.2, 0) is 0 Å². The van der Waals surface area contributed by atoms with Crippen LogP contribution < -0.4 is 4.90 Å². The molecule has 1 nitrogen and oxygen atoms in total. The molecule has 9 rings (SSSR count). The molecule has 0 fully saturated rings. The summed E-state index contributed by atoms with van der Waals surface area (Å²) in [5.41, 5.74) is 13.1. The van der Waals surface area contributed by atoms with Crippen LogP contribution in [0.1, 0.15) is 0 Å². The summed E-state index contributed by atoms with van der Waals surface area (Å²) in [6.07, 6.45) is 0. The highest BCUT2D eigenvalue weighted by molar-refractivity contribution is 7.25. The highest BCUT2D eigenvalue weighted by atomic mass is 32.1. The monoisotopic (exact) mass is 655 g/mol. The molecule has 2 heteroatoms. The first-order chi connectivity index (χ1) is 24.8. The van der Waals surface area contributed by atoms with Gasteiger partial charge in [-0.25, -0.2) is 0 Å². The standard InChI is InChI=1S/C48H33NS/c1-4-12-36(13-5-1)43-30-24-38(32-46(43)37-14-6-2-7-15-37)34-20-26-41(27-21-34)49(40-16-8-3-9-17-40)42-28-22-35(23-29-42)39-25-31-45-44-18-10-11-19-47(44)50-48(45)33-39/h1-33H. The van der Waals surface area contributed by atoms with Gasteiger partial charge in [-0.3, -0.25) is 0 Å². The number of benzene rings is 8. The molecule has 0 aliphatic heterocycles. The van der Waals surface area contributed by atoms with Gasteiger partial charge in [-0.2, -0.15) is 0 Å². The third-order valence-electron chi connectivity index (χ3n) is 9.50. The van der Waals surface area contributed by atoms with Crippen molar-refractivity contribution in [3.8, 4) is 44.5 Å². The van der Waals surface area contributed by atoms with Crippen molar-refractivity contribution in [1.29, 1.82) is 0 Å². The second-order valence-corrected chi connectivity index (χ2v) is 13.7. The molecule has 236 valence electrons. The number of para-hydroxylation sites is 1. The fourth-order valence-corrected chi connectivity index (χ4v) is 8.13. The smallest absolute Gasteiger partial charge is 0.0462 e. The van der Waals surface area contributed by atoms with Gasteiger partial charge in [0.05, 0.1) is 0 Å². The van der Waals surface area contributed by atoms with Crippen LogP contribution in [0.4, 0.5) is 17.1 Å². The predicted octanol–water partition coefficient (Wildman–Crippen LogP) is 14.2. The molecule has 0 radical (unpaired) electrons. The second-order valence-electron chi connectivity index (χ2n) is 12.6. The van der Waals surface area contributed by atoms with E-state index in [9.17, 15) is 0 Å². The van der Waals surface area contributed by atoms with Crippen LogP contribution in [0.25, 0.3) is 64.7 Å². The van der Waals surface area contributed by atoms with E-state index in [1.54, 1.807) is 0 Å². The first-order valence-electron chi connectivity index (χ1n) is 17.0. The maximum atomic E-state index is 2.33. The van der Waals surface area contributed by atoms with Crippen molar-refractivity contribution < 1.29 is 0 Å². The highest BCUT2D eigenvalue weighted by Gasteiger charge is 2.15. The van der Waals surface area contributed by atoms with E-state index in [2.05, 4.69) is 205 Å². The Labute approximate surface area is 297 Å². The first-order valence-corrected chi connectivity index (χ1v) is 17.8. The third-order valence-corrected chi connectivity index (χ3v) is 10.6. The van der Waals surface area contributed by atoms with Crippen molar-refractivity contribution >= 4 is 48.6 Å². The van der Waals surface area contributed by atoms with Gasteiger partial charge in [0.15, 0.2) is 0 Å². The number of fused-ring (bicyclic) bond motifs is 3. The Morgan fingerprint density at radius 1 is 0.280 bits per heavy atom. The molecule has 8 aromatic carbocycles. The summed E-state index contributed by atoms with van der Waals surface area (Å²) in [7, 11) is 0. The summed E-state index contributed by atoms with van der Waals surface area (Å²) in [4.78, 5) is 2.33. The number of anilines is 3. The number of nitrogens with zero attached hydrogens (tertiary/aromatic N) is 1. The zero-order valence-electron chi connectivity index (χ0n) is 27.4. The minimum absolute atomic E-state index is 1.11. The molecule has 9 aromatic rings. The SMILES string of the molecule is c1ccc(-c2ccc(-c3ccc(N(c4ccccc4)c4ccc(-c5ccc6c(c5)sc5ccccc56)cc4)cc3)cc2-c2ccccc2)cc1. The van der Waals surface area contributed by atoms with Crippen molar-refractivity contribution in [1.82, 2.24) is 0 Å². The van der Waals surface area contributed by atoms with Crippen LogP contribution in [0.2, 0.25) is 0 Å². The van der Waals surface area contributed by atoms with Crippen LogP contribution in [0.15, 0.2) is 200 Å². The van der Waals surface area contributed by atoms with Gasteiger partial charge in [0.2, 0.25) is 0 Å². The van der Waals surface area contributed by atoms with E-state index >= 15 is 0 Å². The number of hydrogen-bond donors (Lipinski definition) is 0. The summed E-state index contributed by atoms with van der Waals surface area (Å²) < 4.78 is 2.66. The number of hydrogen-bond acceptors (Lipinski definition) is 2. The quantitative estimate of drug-likeness (QED) is 0.165. The average Bonchev–Trinajstić information content (AvgIpc) is 3.57. The van der Waals surface area contributed by atoms with Gasteiger partial charge in [-0.05, 0) is 99.1 Å². The molecule has 0 atom stereocenters. The van der Waals surface area contributed by atoms with Gasteiger partial charge in [-0.15, -0.1) is 11.3 Å². The minimum Gasteiger partial charge on any atom is -0.311 e. The van der Waals surface area contributed by atoms with Crippen molar-refractivity contribution in [2.45, 2.75) is 0 Å². The zero-order chi connectivity index (χ0) is 33.3. The molecule has 50 heavy (non-hydrogen) atoms. The fourth-order valence-electron chi connectivity index (χ4n) is 6.99. The van der Waals surface area contributed by atoms with Crippen molar-refractivity contribution in [3.63, 3.8) is 0 Å². The minimum atomic E-state index is 1.11. The Hall–Kier alpha value is -6.22. The summed E-state index contributed by atoms with van der Waals surface area (Å²) in [6, 6.07) is 72.2. The molecule has 0 amide bonds. The van der Waals surface area contributed by atoms with Crippen LogP contribution in [0.5, 0.6) is 0 Å². The molecular weight excluding hydrogens is 623 g/mol. The lowest BCUT2D eigenvalue weighted by atomic mass is 9.91. The van der Waals surface area contributed by atoms with Gasteiger partial charge in [0.1, 0.15) is 0 Å². The largest absolute Gasteiger partial charge is 0.311 e. The molecule has 0 unspecified atom stereocenters. The first kappa shape index (κ1) is 29.9. The maximum absolute atomic E-state index is 2.33. The highest BCUT2D eigenvalue weighted by Crippen LogP contribution is 2.40. The van der Waals surface area contributed by atoms with E-state index in [1.807, 2.05) is 11.3 Å². The third kappa shape index (κ3) is 5.66. The Morgan fingerprint density at radius 3 is 1.38 bits per heavy atom. The van der Waals surface area contributed by atoms with E-state index in [-0.39, 0.29) is 0 Å². The lowest BCUT2D eigenvalue weighted by Crippen LogP contribution is -2.09. The Morgan fingerprint density at radius 2 is 0.740 bits per heavy atom. The second kappa shape index (κ2) is 13.0. The van der Waals surface area contributed by atoms with Gasteiger partial charge >= 0.3 is 0 Å². The molecule has 0 saturated carbocycles. The van der Waals surface area contributed by atoms with E-state index in [0.717, 1.165) is 17.1 Å². The summed E-state index contributed by atoms with van der Waals surface area (Å²) in [5, 5.41) is 2.66. The Bertz CT molecular complexity index is 2550. The van der Waals surface area contributed by atoms with Gasteiger partial charge in [0.25, 0.3) is 0 Å². The summed E-state index contributed by atoms with van der Waals surface area (Å²) in [6.45, 7) is 0.